The summed E-state index contributed by atoms with van der Waals surface area (Å²) in [4.78, 5) is 23.4. The van der Waals surface area contributed by atoms with Crippen LogP contribution in [0.15, 0.2) is 36.4 Å². The molecule has 3 N–H and O–H groups in total. The number of carbonyl (C=O) groups excluding carboxylic acids is 2. The van der Waals surface area contributed by atoms with E-state index in [1.807, 2.05) is 0 Å². The molecule has 0 spiro atoms. The molecule has 2 aliphatic rings. The average molecular weight is 429 g/mol. The number of halogens is 3. The van der Waals surface area contributed by atoms with Crippen molar-refractivity contribution in [2.24, 2.45) is 0 Å². The van der Waals surface area contributed by atoms with Crippen LogP contribution in [0.5, 0.6) is 0 Å². The minimum Gasteiger partial charge on any atom is -0.354 e. The smallest absolute Gasteiger partial charge is 0.222 e. The molecule has 2 amide bonds. The number of fused-ring (bicyclic) bond motifs is 1. The molecule has 0 radical (unpaired) electrons. The van der Waals surface area contributed by atoms with Gasteiger partial charge in [0.25, 0.3) is 0 Å². The van der Waals surface area contributed by atoms with Crippen molar-refractivity contribution in [3.63, 3.8) is 0 Å². The van der Waals surface area contributed by atoms with Gasteiger partial charge in [-0.2, -0.15) is 0 Å². The Hall–Kier alpha value is -3.29. The summed E-state index contributed by atoms with van der Waals surface area (Å²) in [5.41, 5.74) is 2.83. The number of rotatable bonds is 4. The monoisotopic (exact) mass is 429 g/mol. The van der Waals surface area contributed by atoms with E-state index in [1.165, 1.54) is 18.2 Å². The molecule has 1 aromatic heterocycles. The highest BCUT2D eigenvalue weighted by Gasteiger charge is 2.27. The van der Waals surface area contributed by atoms with Gasteiger partial charge in [0, 0.05) is 24.4 Å². The van der Waals surface area contributed by atoms with E-state index in [0.29, 0.717) is 36.2 Å². The van der Waals surface area contributed by atoms with Gasteiger partial charge < -0.3 is 15.6 Å². The summed E-state index contributed by atoms with van der Waals surface area (Å²) < 4.78 is 40.8. The summed E-state index contributed by atoms with van der Waals surface area (Å²) in [6.07, 6.45) is 4.18. The number of amides is 2. The maximum absolute atomic E-state index is 14.1. The number of H-pyrrole nitrogens is 1. The summed E-state index contributed by atoms with van der Waals surface area (Å²) in [6.45, 7) is 0.567. The van der Waals surface area contributed by atoms with Gasteiger partial charge >= 0.3 is 0 Å². The second-order valence-electron chi connectivity index (χ2n) is 7.85. The molecule has 1 aliphatic carbocycles. The fourth-order valence-electron chi connectivity index (χ4n) is 4.02. The van der Waals surface area contributed by atoms with Gasteiger partial charge in [-0.25, -0.2) is 13.2 Å². The zero-order valence-electron chi connectivity index (χ0n) is 16.7. The number of hydrogen-bond donors (Lipinski definition) is 3. The summed E-state index contributed by atoms with van der Waals surface area (Å²) >= 11 is 0. The number of hydrogen-bond acceptors (Lipinski definition) is 2. The first-order chi connectivity index (χ1) is 15.0. The van der Waals surface area contributed by atoms with E-state index in [4.69, 9.17) is 0 Å². The molecular weight excluding hydrogens is 407 g/mol. The fraction of sp³-hybridized carbons (Fsp3) is 0.304. The first-order valence-electron chi connectivity index (χ1n) is 10.2. The van der Waals surface area contributed by atoms with Gasteiger partial charge in [0.2, 0.25) is 12.3 Å². The Kier molecular flexibility index (Phi) is 5.97. The molecule has 0 bridgehead atoms. The standard InChI is InChI=1S/C18H14F3N.C5H8N2O2/c19-12-6-4-11(5-7-12)17-16(10-2-1-3-10)14-8-13(20)9-15(21)18(14)22-17;8-3-7-4-1-5(9)6-2-4/h4-10,22H,1-3H2;3-4H,1-2H2,(H,6,9)(H,7,8). The molecular formula is C23H22F3N3O2. The van der Waals surface area contributed by atoms with Crippen LogP contribution in [0, 0.1) is 17.5 Å². The lowest BCUT2D eigenvalue weighted by molar-refractivity contribution is -0.119. The number of carbonyl (C=O) groups is 2. The van der Waals surface area contributed by atoms with Crippen LogP contribution in [0.25, 0.3) is 22.2 Å². The van der Waals surface area contributed by atoms with Crippen molar-refractivity contribution in [1.82, 2.24) is 15.6 Å². The van der Waals surface area contributed by atoms with Gasteiger partial charge in [0.1, 0.15) is 17.5 Å². The van der Waals surface area contributed by atoms with E-state index < -0.39 is 11.6 Å². The second kappa shape index (κ2) is 8.83. The van der Waals surface area contributed by atoms with Crippen LogP contribution in [-0.4, -0.2) is 29.9 Å². The van der Waals surface area contributed by atoms with Crippen LogP contribution in [-0.2, 0) is 9.59 Å². The van der Waals surface area contributed by atoms with E-state index in [0.717, 1.165) is 42.1 Å². The van der Waals surface area contributed by atoms with Crippen LogP contribution in [0.3, 0.4) is 0 Å². The number of benzene rings is 2. The SMILES string of the molecule is Fc1ccc(-c2[nH]c3c(F)cc(F)cc3c2C2CCC2)cc1.O=CNC1CNC(=O)C1. The molecule has 8 heteroatoms. The van der Waals surface area contributed by atoms with E-state index in [2.05, 4.69) is 15.6 Å². The Morgan fingerprint density at radius 2 is 1.77 bits per heavy atom. The third-order valence-electron chi connectivity index (χ3n) is 5.79. The lowest BCUT2D eigenvalue weighted by Crippen LogP contribution is -2.29. The van der Waals surface area contributed by atoms with Gasteiger partial charge in [-0.05, 0) is 60.2 Å². The molecule has 1 saturated carbocycles. The molecule has 5 rings (SSSR count). The quantitative estimate of drug-likeness (QED) is 0.546. The van der Waals surface area contributed by atoms with Gasteiger partial charge in [-0.1, -0.05) is 6.42 Å². The van der Waals surface area contributed by atoms with Crippen molar-refractivity contribution in [3.8, 4) is 11.3 Å². The topological polar surface area (TPSA) is 74.0 Å². The minimum atomic E-state index is -0.594. The molecule has 2 aromatic carbocycles. The second-order valence-corrected chi connectivity index (χ2v) is 7.85. The van der Waals surface area contributed by atoms with Crippen molar-refractivity contribution >= 4 is 23.2 Å². The molecule has 1 aliphatic heterocycles. The van der Waals surface area contributed by atoms with E-state index in [9.17, 15) is 22.8 Å². The summed E-state index contributed by atoms with van der Waals surface area (Å²) in [6, 6.07) is 8.36. The maximum atomic E-state index is 14.1. The van der Waals surface area contributed by atoms with E-state index in [-0.39, 0.29) is 17.8 Å². The molecule has 3 aromatic rings. The van der Waals surface area contributed by atoms with Gasteiger partial charge in [-0.15, -0.1) is 0 Å². The molecule has 1 saturated heterocycles. The molecule has 162 valence electrons. The molecule has 1 unspecified atom stereocenters. The zero-order chi connectivity index (χ0) is 22.0. The predicted molar refractivity (Wildman–Crippen MR) is 111 cm³/mol. The lowest BCUT2D eigenvalue weighted by Gasteiger charge is -2.26. The normalized spacial score (nSPS) is 18.2. The third kappa shape index (κ3) is 4.42. The van der Waals surface area contributed by atoms with Crippen molar-refractivity contribution in [1.29, 1.82) is 0 Å². The van der Waals surface area contributed by atoms with Crippen molar-refractivity contribution < 1.29 is 22.8 Å². The van der Waals surface area contributed by atoms with E-state index in [1.54, 1.807) is 12.1 Å². The van der Waals surface area contributed by atoms with Crippen LogP contribution >= 0.6 is 0 Å². The Labute approximate surface area is 177 Å². The van der Waals surface area contributed by atoms with Crippen LogP contribution in [0.4, 0.5) is 13.2 Å². The molecule has 5 nitrogen and oxygen atoms in total. The highest BCUT2D eigenvalue weighted by Crippen LogP contribution is 2.45. The maximum Gasteiger partial charge on any atom is 0.222 e. The third-order valence-corrected chi connectivity index (χ3v) is 5.79. The van der Waals surface area contributed by atoms with Gasteiger partial charge in [0.15, 0.2) is 0 Å². The van der Waals surface area contributed by atoms with E-state index >= 15 is 0 Å². The van der Waals surface area contributed by atoms with Crippen LogP contribution in [0.2, 0.25) is 0 Å². The predicted octanol–water partition coefficient (Wildman–Crippen LogP) is 4.14. The summed E-state index contributed by atoms with van der Waals surface area (Å²) in [5.74, 6) is -1.18. The molecule has 2 fully saturated rings. The molecule has 1 atom stereocenters. The highest BCUT2D eigenvalue weighted by molar-refractivity contribution is 5.92. The largest absolute Gasteiger partial charge is 0.354 e. The number of nitrogens with one attached hydrogen (secondary N) is 3. The van der Waals surface area contributed by atoms with Crippen LogP contribution in [0.1, 0.15) is 37.2 Å². The Morgan fingerprint density at radius 3 is 2.35 bits per heavy atom. The summed E-state index contributed by atoms with van der Waals surface area (Å²) in [5, 5.41) is 5.70. The molecule has 31 heavy (non-hydrogen) atoms. The van der Waals surface area contributed by atoms with Gasteiger partial charge in [0.05, 0.1) is 17.3 Å². The first kappa shape index (κ1) is 21.0. The first-order valence-corrected chi connectivity index (χ1v) is 10.2. The highest BCUT2D eigenvalue weighted by atomic mass is 19.1. The summed E-state index contributed by atoms with van der Waals surface area (Å²) in [7, 11) is 0. The molecule has 2 heterocycles. The zero-order valence-corrected chi connectivity index (χ0v) is 16.7. The van der Waals surface area contributed by atoms with Crippen molar-refractivity contribution in [2.45, 2.75) is 37.6 Å². The Morgan fingerprint density at radius 1 is 1.03 bits per heavy atom. The fourth-order valence-corrected chi connectivity index (χ4v) is 4.02. The average Bonchev–Trinajstić information content (AvgIpc) is 3.26. The number of aromatic amines is 1. The van der Waals surface area contributed by atoms with Crippen LogP contribution < -0.4 is 10.6 Å². The Bertz CT molecular complexity index is 1110. The van der Waals surface area contributed by atoms with Gasteiger partial charge in [-0.3, -0.25) is 9.59 Å². The van der Waals surface area contributed by atoms with Crippen molar-refractivity contribution in [3.05, 3.63) is 59.4 Å². The Balaban J connectivity index is 0.000000217. The minimum absolute atomic E-state index is 0.00866. The lowest BCUT2D eigenvalue weighted by atomic mass is 9.78. The van der Waals surface area contributed by atoms with Crippen molar-refractivity contribution in [2.75, 3.05) is 6.54 Å². The number of aromatic nitrogens is 1.